The van der Waals surface area contributed by atoms with Crippen LogP contribution in [0, 0.1) is 17.8 Å². The van der Waals surface area contributed by atoms with Gasteiger partial charge in [-0.1, -0.05) is 12.8 Å². The summed E-state index contributed by atoms with van der Waals surface area (Å²) in [5.74, 6) is -1.42. The molecule has 1 saturated heterocycles. The summed E-state index contributed by atoms with van der Waals surface area (Å²) in [7, 11) is 0. The Labute approximate surface area is 99.3 Å². The van der Waals surface area contributed by atoms with E-state index in [0.29, 0.717) is 12.8 Å². The highest BCUT2D eigenvalue weighted by atomic mass is 19.2. The maximum atomic E-state index is 14.3. The summed E-state index contributed by atoms with van der Waals surface area (Å²) >= 11 is 0. The van der Waals surface area contributed by atoms with Crippen LogP contribution in [-0.4, -0.2) is 24.7 Å². The van der Waals surface area contributed by atoms with E-state index < -0.39 is 24.4 Å². The van der Waals surface area contributed by atoms with E-state index in [1.54, 1.807) is 0 Å². The fourth-order valence-corrected chi connectivity index (χ4v) is 3.65. The van der Waals surface area contributed by atoms with E-state index in [9.17, 15) is 13.2 Å². The molecule has 0 aromatic rings. The quantitative estimate of drug-likeness (QED) is 0.736. The van der Waals surface area contributed by atoms with Crippen LogP contribution in [0.25, 0.3) is 0 Å². The van der Waals surface area contributed by atoms with Gasteiger partial charge in [0.1, 0.15) is 18.5 Å². The summed E-state index contributed by atoms with van der Waals surface area (Å²) in [6, 6.07) is 0. The maximum Gasteiger partial charge on any atom is 0.137 e. The molecule has 0 spiro atoms. The normalized spacial score (nSPS) is 51.0. The van der Waals surface area contributed by atoms with Crippen molar-refractivity contribution in [2.45, 2.75) is 56.8 Å². The van der Waals surface area contributed by atoms with E-state index in [1.165, 1.54) is 0 Å². The molecular weight excluding hydrogens is 229 g/mol. The van der Waals surface area contributed by atoms with Crippen molar-refractivity contribution >= 4 is 0 Å². The molecular formula is C12H19F3N2. The van der Waals surface area contributed by atoms with E-state index in [0.717, 1.165) is 19.3 Å². The van der Waals surface area contributed by atoms with Crippen LogP contribution in [0.2, 0.25) is 0 Å². The van der Waals surface area contributed by atoms with E-state index in [-0.39, 0.29) is 18.0 Å². The van der Waals surface area contributed by atoms with Crippen LogP contribution < -0.4 is 10.9 Å². The van der Waals surface area contributed by atoms with Crippen LogP contribution in [0.1, 0.15) is 32.1 Å². The molecule has 0 aromatic carbocycles. The van der Waals surface area contributed by atoms with Gasteiger partial charge in [-0.15, -0.1) is 0 Å². The van der Waals surface area contributed by atoms with Crippen LogP contribution in [0.5, 0.6) is 0 Å². The van der Waals surface area contributed by atoms with Gasteiger partial charge in [0, 0.05) is 5.92 Å². The minimum atomic E-state index is -1.63. The summed E-state index contributed by atoms with van der Waals surface area (Å²) in [6.45, 7) is 0. The molecule has 6 atom stereocenters. The Morgan fingerprint density at radius 2 is 1.41 bits per heavy atom. The highest BCUT2D eigenvalue weighted by Crippen LogP contribution is 2.48. The van der Waals surface area contributed by atoms with Gasteiger partial charge in [0.25, 0.3) is 0 Å². The van der Waals surface area contributed by atoms with Gasteiger partial charge in [0.05, 0.1) is 6.17 Å². The Morgan fingerprint density at radius 3 is 2.00 bits per heavy atom. The second-order valence-corrected chi connectivity index (χ2v) is 5.69. The molecule has 0 radical (unpaired) electrons. The van der Waals surface area contributed by atoms with Gasteiger partial charge in [-0.25, -0.2) is 24.0 Å². The molecule has 1 heterocycles. The summed E-state index contributed by atoms with van der Waals surface area (Å²) in [6.07, 6.45) is -0.693. The second kappa shape index (κ2) is 4.43. The molecule has 3 rings (SSSR count). The van der Waals surface area contributed by atoms with Gasteiger partial charge in [0.15, 0.2) is 0 Å². The van der Waals surface area contributed by atoms with Crippen molar-refractivity contribution in [1.29, 1.82) is 0 Å². The highest BCUT2D eigenvalue weighted by Gasteiger charge is 2.53. The molecule has 1 aliphatic heterocycles. The average Bonchev–Trinajstić information content (AvgIpc) is 3.16. The molecule has 3 fully saturated rings. The van der Waals surface area contributed by atoms with Crippen LogP contribution in [0.4, 0.5) is 13.2 Å². The number of hydrogen-bond acceptors (Lipinski definition) is 2. The predicted octanol–water partition coefficient (Wildman–Crippen LogP) is 2.26. The van der Waals surface area contributed by atoms with Crippen molar-refractivity contribution in [3.05, 3.63) is 0 Å². The number of halogens is 3. The third-order valence-electron chi connectivity index (χ3n) is 4.67. The molecule has 17 heavy (non-hydrogen) atoms. The minimum Gasteiger partial charge on any atom is -0.247 e. The maximum absolute atomic E-state index is 14.3. The lowest BCUT2D eigenvalue weighted by Crippen LogP contribution is -2.52. The lowest BCUT2D eigenvalue weighted by Gasteiger charge is -2.45. The minimum absolute atomic E-state index is 0.0242. The number of alkyl halides is 3. The van der Waals surface area contributed by atoms with E-state index in [4.69, 9.17) is 0 Å². The Kier molecular flexibility index (Phi) is 3.07. The second-order valence-electron chi connectivity index (χ2n) is 5.69. The van der Waals surface area contributed by atoms with Crippen molar-refractivity contribution in [2.75, 3.05) is 0 Å². The van der Waals surface area contributed by atoms with Gasteiger partial charge in [-0.3, -0.25) is 0 Å². The molecule has 2 nitrogen and oxygen atoms in total. The van der Waals surface area contributed by atoms with Crippen molar-refractivity contribution in [3.8, 4) is 0 Å². The molecule has 6 unspecified atom stereocenters. The monoisotopic (exact) mass is 248 g/mol. The average molecular weight is 248 g/mol. The molecule has 0 aromatic heterocycles. The summed E-state index contributed by atoms with van der Waals surface area (Å²) in [5, 5.41) is 0. The number of nitrogens with one attached hydrogen (secondary N) is 2. The lowest BCUT2D eigenvalue weighted by molar-refractivity contribution is -0.0841. The Morgan fingerprint density at radius 1 is 0.824 bits per heavy atom. The Hall–Kier alpha value is -0.290. The van der Waals surface area contributed by atoms with Gasteiger partial charge >= 0.3 is 0 Å². The van der Waals surface area contributed by atoms with Crippen LogP contribution in [0.3, 0.4) is 0 Å². The van der Waals surface area contributed by atoms with Crippen molar-refractivity contribution in [1.82, 2.24) is 10.9 Å². The summed E-state index contributed by atoms with van der Waals surface area (Å²) < 4.78 is 42.3. The number of rotatable bonds is 2. The largest absolute Gasteiger partial charge is 0.247 e. The van der Waals surface area contributed by atoms with Crippen molar-refractivity contribution in [3.63, 3.8) is 0 Å². The van der Waals surface area contributed by atoms with Gasteiger partial charge in [0.2, 0.25) is 0 Å². The molecule has 0 bridgehead atoms. The fourth-order valence-electron chi connectivity index (χ4n) is 3.65. The van der Waals surface area contributed by atoms with E-state index >= 15 is 0 Å². The first-order chi connectivity index (χ1) is 8.18. The van der Waals surface area contributed by atoms with E-state index in [1.807, 2.05) is 0 Å². The van der Waals surface area contributed by atoms with Gasteiger partial charge in [-0.05, 0) is 31.1 Å². The molecule has 5 heteroatoms. The molecule has 2 saturated carbocycles. The summed E-state index contributed by atoms with van der Waals surface area (Å²) in [5.41, 5.74) is 5.61. The van der Waals surface area contributed by atoms with Crippen LogP contribution in [-0.2, 0) is 0 Å². The first-order valence-electron chi connectivity index (χ1n) is 6.61. The first kappa shape index (κ1) is 11.8. The molecule has 2 aliphatic carbocycles. The predicted molar refractivity (Wildman–Crippen MR) is 58.3 cm³/mol. The Bertz CT molecular complexity index is 285. The topological polar surface area (TPSA) is 43.9 Å². The number of fused-ring (bicyclic) bond motifs is 1. The van der Waals surface area contributed by atoms with Crippen LogP contribution in [0.15, 0.2) is 0 Å². The van der Waals surface area contributed by atoms with Gasteiger partial charge < -0.3 is 0 Å². The standard InChI is InChI=1S/C12H19F3N2/c13-10-6-3-1-2-4-7(6)11(14)12(15)8(10)5-9-16-17-9/h6-12,16-17H,1-5H2. The summed E-state index contributed by atoms with van der Waals surface area (Å²) in [4.78, 5) is 0. The van der Waals surface area contributed by atoms with Crippen LogP contribution >= 0.6 is 0 Å². The third kappa shape index (κ3) is 2.08. The van der Waals surface area contributed by atoms with Gasteiger partial charge in [-0.2, -0.15) is 0 Å². The third-order valence-corrected chi connectivity index (χ3v) is 4.67. The smallest absolute Gasteiger partial charge is 0.137 e. The Balaban J connectivity index is 1.75. The zero-order valence-corrected chi connectivity index (χ0v) is 9.71. The van der Waals surface area contributed by atoms with E-state index in [2.05, 4.69) is 10.9 Å². The number of hydrogen-bond donors (Lipinski definition) is 2. The molecule has 3 aliphatic rings. The van der Waals surface area contributed by atoms with Crippen molar-refractivity contribution in [2.24, 2.45) is 17.8 Å². The molecule has 98 valence electrons. The zero-order chi connectivity index (χ0) is 12.0. The number of hydrazine groups is 1. The SMILES string of the molecule is FC1C(F)C2CCCCC2C(F)C1CC1NN1. The fraction of sp³-hybridized carbons (Fsp3) is 1.00. The molecule has 0 amide bonds. The first-order valence-corrected chi connectivity index (χ1v) is 6.61. The highest BCUT2D eigenvalue weighted by molar-refractivity contribution is 5.01. The lowest BCUT2D eigenvalue weighted by atomic mass is 9.64. The van der Waals surface area contributed by atoms with Crippen molar-refractivity contribution < 1.29 is 13.2 Å². The molecule has 2 N–H and O–H groups in total. The zero-order valence-electron chi connectivity index (χ0n) is 9.71.